The van der Waals surface area contributed by atoms with Gasteiger partial charge in [-0.25, -0.2) is 0 Å². The Balaban J connectivity index is 1.21. The molecule has 3 aliphatic carbocycles. The van der Waals surface area contributed by atoms with Crippen LogP contribution in [0.3, 0.4) is 0 Å². The van der Waals surface area contributed by atoms with E-state index < -0.39 is 186 Å². The van der Waals surface area contributed by atoms with Crippen LogP contribution in [0.4, 0.5) is 13.2 Å². The maximum absolute atomic E-state index is 16.1. The summed E-state index contributed by atoms with van der Waals surface area (Å²) in [6.45, 7) is 6.72. The SMILES string of the molecule is CC[C@H](C)[C@@H]1NC(=O)[C@H](CC(C)C)N(C)C(=O)C[C@@H](C(=O)N2CCCCC2)N(C)C(=O)[C@H](C2CCCCC2)N(C)C(=O)C2(CCCC2)NC(=O)[C@@H]2C[C@@H](OCCOC3CCCCO3)CN2C(=O)[C@H](CCc2ccc(C(F)(F)F)c(Cl)c2)NC(=O)CN(C)C(=O)[C@H](CC2CCCCC2)N(C)C(=O)CN(C)C(=O)CN(C)C1=O. The van der Waals surface area contributed by atoms with Crippen LogP contribution in [0.2, 0.25) is 5.02 Å². The van der Waals surface area contributed by atoms with Gasteiger partial charge in [-0.2, -0.15) is 13.2 Å². The lowest BCUT2D eigenvalue weighted by Gasteiger charge is -2.43. The second-order valence-electron chi connectivity index (χ2n) is 32.9. The fourth-order valence-corrected chi connectivity index (χ4v) is 17.5. The van der Waals surface area contributed by atoms with Crippen molar-refractivity contribution in [1.82, 2.24) is 60.0 Å². The summed E-state index contributed by atoms with van der Waals surface area (Å²) in [4.78, 5) is 194. The van der Waals surface area contributed by atoms with E-state index in [0.717, 1.165) is 97.5 Å². The summed E-state index contributed by atoms with van der Waals surface area (Å²) in [6.07, 6.45) is 7.02. The first-order valence-corrected chi connectivity index (χ1v) is 41.0. The van der Waals surface area contributed by atoms with E-state index in [1.165, 1.54) is 79.9 Å². The maximum Gasteiger partial charge on any atom is 0.417 e. The normalized spacial score (nSPS) is 27.6. The zero-order valence-corrected chi connectivity index (χ0v) is 68.1. The molecule has 1 unspecified atom stereocenters. The smallest absolute Gasteiger partial charge is 0.374 e. The molecule has 3 N–H and O–H groups in total. The minimum atomic E-state index is -4.79. The van der Waals surface area contributed by atoms with E-state index in [9.17, 15) is 37.1 Å². The molecule has 27 nitrogen and oxygen atoms in total. The number of carbonyl (C=O) groups excluding carboxylic acids is 12. The number of rotatable bonds is 16. The van der Waals surface area contributed by atoms with Gasteiger partial charge < -0.3 is 74.3 Å². The number of aryl methyl sites for hydroxylation is 1. The first-order chi connectivity index (χ1) is 52.6. The van der Waals surface area contributed by atoms with Crippen molar-refractivity contribution < 1.29 is 84.9 Å². The van der Waals surface area contributed by atoms with Crippen LogP contribution in [0.5, 0.6) is 0 Å². The number of hydrogen-bond acceptors (Lipinski definition) is 15. The molecule has 8 rings (SSSR count). The van der Waals surface area contributed by atoms with Crippen LogP contribution in [-0.4, -0.2) is 284 Å². The molecule has 0 bridgehead atoms. The molecule has 10 atom stereocenters. The van der Waals surface area contributed by atoms with Crippen LogP contribution in [0, 0.1) is 23.7 Å². The number of carbonyl (C=O) groups is 12. The number of fused-ring (bicyclic) bond motifs is 1. The fourth-order valence-electron chi connectivity index (χ4n) is 17.2. The largest absolute Gasteiger partial charge is 0.417 e. The Morgan fingerprint density at radius 1 is 0.649 bits per heavy atom. The van der Waals surface area contributed by atoms with Crippen LogP contribution in [0.1, 0.15) is 206 Å². The number of likely N-dealkylation sites (tertiary alicyclic amines) is 1. The van der Waals surface area contributed by atoms with Crippen molar-refractivity contribution in [2.24, 2.45) is 23.7 Å². The lowest BCUT2D eigenvalue weighted by atomic mass is 9.81. The third-order valence-electron chi connectivity index (χ3n) is 24.2. The number of piperidine rings is 1. The lowest BCUT2D eigenvalue weighted by molar-refractivity contribution is -0.171. The van der Waals surface area contributed by atoms with Gasteiger partial charge in [-0.05, 0) is 131 Å². The third-order valence-corrected chi connectivity index (χ3v) is 24.6. The Hall–Kier alpha value is -7.18. The molecule has 1 spiro atoms. The predicted molar refractivity (Wildman–Crippen MR) is 408 cm³/mol. The number of amides is 12. The quantitative estimate of drug-likeness (QED) is 0.141. The van der Waals surface area contributed by atoms with Gasteiger partial charge in [0.15, 0.2) is 6.29 Å². The zero-order chi connectivity index (χ0) is 81.2. The lowest BCUT2D eigenvalue weighted by Crippen LogP contribution is -2.65. The molecule has 111 heavy (non-hydrogen) atoms. The van der Waals surface area contributed by atoms with E-state index in [1.54, 1.807) is 11.8 Å². The molecule has 4 heterocycles. The number of benzene rings is 1. The number of alkyl halides is 3. The van der Waals surface area contributed by atoms with E-state index >= 15 is 33.6 Å². The standard InChI is InChI=1S/C80H124ClF3N12O15/c1-12-52(4)69-76(106)90(7)49-66(99)88(5)50-67(100)92(9)62(44-53-26-16-13-17-27-53)74(104)89(6)48-64(97)85-59(34-32-54-31-33-57(58(81)43-54)80(82,83)84)73(103)96-47-56(109-40-41-111-68-30-20-25-39-110-68)45-61(96)72(102)87-79(35-21-22-36-79)78(108)94(11)70(55-28-18-14-19-29-55)77(107)93(10)63(75(105)95-37-23-15-24-38-95)46-65(98)91(8)60(42-51(2)3)71(101)86-69/h31,33,43,51-53,55-56,59-63,68-70H,12-30,32,34-42,44-50H2,1-11H3,(H,85,97)(H,86,101)(H,87,102)/t52-,56+,59-,60-,61-,62-,63-,68?,69-,70-/m0/s1. The molecule has 31 heteroatoms. The molecule has 622 valence electrons. The summed E-state index contributed by atoms with van der Waals surface area (Å²) < 4.78 is 60.4. The van der Waals surface area contributed by atoms with Crippen molar-refractivity contribution in [2.75, 3.05) is 108 Å². The number of hydrogen-bond donors (Lipinski definition) is 3. The number of ether oxygens (including phenoxy) is 3. The van der Waals surface area contributed by atoms with Gasteiger partial charge in [0.1, 0.15) is 47.8 Å². The molecule has 1 aromatic rings. The highest BCUT2D eigenvalue weighted by Crippen LogP contribution is 2.39. The fraction of sp³-hybridized carbons (Fsp3) is 0.775. The molecule has 0 aromatic heterocycles. The molecule has 0 radical (unpaired) electrons. The van der Waals surface area contributed by atoms with Gasteiger partial charge in [0.05, 0.1) is 56.0 Å². The summed E-state index contributed by atoms with van der Waals surface area (Å²) in [6, 6.07) is -6.00. The Bertz CT molecular complexity index is 3400. The summed E-state index contributed by atoms with van der Waals surface area (Å²) >= 11 is 6.25. The Morgan fingerprint density at radius 2 is 1.26 bits per heavy atom. The molecule has 7 aliphatic rings. The van der Waals surface area contributed by atoms with Crippen LogP contribution >= 0.6 is 11.6 Å². The molecular formula is C80H124ClF3N12O15. The van der Waals surface area contributed by atoms with Crippen molar-refractivity contribution in [1.29, 1.82) is 0 Å². The number of halogens is 4. The molecule has 3 saturated carbocycles. The molecule has 1 aromatic carbocycles. The number of likely N-dealkylation sites (N-methyl/N-ethyl adjacent to an activating group) is 7. The Morgan fingerprint density at radius 3 is 1.88 bits per heavy atom. The molecule has 12 amide bonds. The first-order valence-electron chi connectivity index (χ1n) is 40.7. The summed E-state index contributed by atoms with van der Waals surface area (Å²) in [5.41, 5.74) is -2.48. The summed E-state index contributed by atoms with van der Waals surface area (Å²) in [7, 11) is 10.00. The summed E-state index contributed by atoms with van der Waals surface area (Å²) in [5.74, 6) is -9.16. The minimum absolute atomic E-state index is 0.00677. The molecule has 4 aliphatic heterocycles. The van der Waals surface area contributed by atoms with Gasteiger partial charge in [-0.15, -0.1) is 0 Å². The van der Waals surface area contributed by atoms with Crippen LogP contribution in [0.15, 0.2) is 18.2 Å². The topological polar surface area (TPSA) is 298 Å². The highest BCUT2D eigenvalue weighted by Gasteiger charge is 2.53. The van der Waals surface area contributed by atoms with Gasteiger partial charge in [0, 0.05) is 82.0 Å². The van der Waals surface area contributed by atoms with Crippen LogP contribution < -0.4 is 16.0 Å². The predicted octanol–water partition coefficient (Wildman–Crippen LogP) is 6.96. The highest BCUT2D eigenvalue weighted by molar-refractivity contribution is 6.31. The van der Waals surface area contributed by atoms with Crippen LogP contribution in [0.25, 0.3) is 0 Å². The highest BCUT2D eigenvalue weighted by atomic mass is 35.5. The van der Waals surface area contributed by atoms with Gasteiger partial charge in [-0.3, -0.25) is 57.5 Å². The first kappa shape index (κ1) is 89.4. The molecule has 4 saturated heterocycles. The van der Waals surface area contributed by atoms with Crippen molar-refractivity contribution in [2.45, 2.75) is 267 Å². The van der Waals surface area contributed by atoms with E-state index in [1.807, 2.05) is 20.8 Å². The average Bonchev–Trinajstić information content (AvgIpc) is 1.74. The van der Waals surface area contributed by atoms with Gasteiger partial charge in [0.2, 0.25) is 70.9 Å². The van der Waals surface area contributed by atoms with Crippen molar-refractivity contribution in [3.8, 4) is 0 Å². The second-order valence-corrected chi connectivity index (χ2v) is 33.3. The third kappa shape index (κ3) is 23.7. The minimum Gasteiger partial charge on any atom is -0.374 e. The summed E-state index contributed by atoms with van der Waals surface area (Å²) in [5, 5.41) is 8.25. The monoisotopic (exact) mass is 1580 g/mol. The van der Waals surface area contributed by atoms with E-state index in [-0.39, 0.29) is 82.1 Å². The van der Waals surface area contributed by atoms with Crippen molar-refractivity contribution in [3.63, 3.8) is 0 Å². The second kappa shape index (κ2) is 41.2. The van der Waals surface area contributed by atoms with E-state index in [2.05, 4.69) is 16.0 Å². The van der Waals surface area contributed by atoms with Crippen molar-refractivity contribution >= 4 is 82.5 Å². The number of nitrogens with one attached hydrogen (secondary N) is 3. The van der Waals surface area contributed by atoms with Gasteiger partial charge >= 0.3 is 6.18 Å². The molecule has 7 fully saturated rings. The maximum atomic E-state index is 16.1. The Labute approximate surface area is 658 Å². The number of nitrogens with zero attached hydrogens (tertiary/aromatic N) is 9. The van der Waals surface area contributed by atoms with Gasteiger partial charge in [0.25, 0.3) is 0 Å². The van der Waals surface area contributed by atoms with Gasteiger partial charge in [-0.1, -0.05) is 116 Å². The zero-order valence-electron chi connectivity index (χ0n) is 67.4. The van der Waals surface area contributed by atoms with Crippen molar-refractivity contribution in [3.05, 3.63) is 34.3 Å². The van der Waals surface area contributed by atoms with E-state index in [0.29, 0.717) is 71.1 Å². The van der Waals surface area contributed by atoms with Crippen LogP contribution in [-0.2, 0) is 84.3 Å². The average molecular weight is 1590 g/mol. The Kier molecular flexibility index (Phi) is 33.2. The molecular weight excluding hydrogens is 1460 g/mol. The van der Waals surface area contributed by atoms with E-state index in [4.69, 9.17) is 25.8 Å².